The SMILES string of the molecule is CC/C=C\C=C/C(C)n1ccccccc(-c2ccccc2)c1-c1cccc(C)c1. The second kappa shape index (κ2) is 11.0. The molecule has 1 nitrogen and oxygen atoms in total. The molecule has 1 unspecified atom stereocenters. The number of allylic oxidation sites excluding steroid dienone is 4. The van der Waals surface area contributed by atoms with Gasteiger partial charge in [-0.1, -0.05) is 110 Å². The molecule has 0 aliphatic heterocycles. The molecule has 2 aromatic carbocycles. The van der Waals surface area contributed by atoms with E-state index in [9.17, 15) is 0 Å². The predicted molar refractivity (Wildman–Crippen MR) is 131 cm³/mol. The van der Waals surface area contributed by atoms with Crippen molar-refractivity contribution < 1.29 is 0 Å². The number of aryl methyl sites for hydroxylation is 1. The Morgan fingerprint density at radius 2 is 1.50 bits per heavy atom. The fraction of sp³-hybridized carbons (Fsp3) is 0.172. The minimum atomic E-state index is 0.192. The Bertz CT molecular complexity index is 1050. The van der Waals surface area contributed by atoms with Gasteiger partial charge in [-0.25, -0.2) is 0 Å². The first kappa shape index (κ1) is 21.4. The summed E-state index contributed by atoms with van der Waals surface area (Å²) in [5.74, 6) is 0. The molecule has 3 aromatic rings. The summed E-state index contributed by atoms with van der Waals surface area (Å²) in [6.07, 6.45) is 11.9. The highest BCUT2D eigenvalue weighted by atomic mass is 15.0. The first-order chi connectivity index (χ1) is 14.7. The van der Waals surface area contributed by atoms with Crippen molar-refractivity contribution in [3.05, 3.63) is 121 Å². The number of nitrogens with zero attached hydrogens (tertiary/aromatic N) is 1. The first-order valence-corrected chi connectivity index (χ1v) is 10.7. The maximum absolute atomic E-state index is 2.37. The van der Waals surface area contributed by atoms with Crippen LogP contribution in [0, 0.1) is 6.92 Å². The highest BCUT2D eigenvalue weighted by molar-refractivity contribution is 5.81. The highest BCUT2D eigenvalue weighted by Crippen LogP contribution is 2.33. The molecule has 0 aliphatic rings. The molecular formula is C29H31N. The smallest absolute Gasteiger partial charge is 0.0564 e. The molecule has 0 amide bonds. The number of benzene rings is 2. The molecule has 0 N–H and O–H groups in total. The Hall–Kier alpha value is -3.32. The van der Waals surface area contributed by atoms with Gasteiger partial charge in [-0.05, 0) is 43.5 Å². The van der Waals surface area contributed by atoms with Crippen LogP contribution in [0.15, 0.2) is 115 Å². The Balaban J connectivity index is 2.33. The van der Waals surface area contributed by atoms with Crippen molar-refractivity contribution in [3.8, 4) is 22.4 Å². The van der Waals surface area contributed by atoms with Gasteiger partial charge in [0.25, 0.3) is 0 Å². The standard InChI is InChI=1S/C29H31N/c1-4-5-6-10-17-25(3)30-22-14-8-7-13-21-28(26-18-11-9-12-19-26)29(30)27-20-15-16-24(2)23-27/h5-23,25H,4H2,1-3H3/b6-5-,8-7?,17-10-,21-13?,22-14?,29-28?. The zero-order chi connectivity index (χ0) is 21.2. The van der Waals surface area contributed by atoms with Crippen molar-refractivity contribution in [1.82, 2.24) is 4.57 Å². The minimum Gasteiger partial charge on any atom is -0.340 e. The molecule has 1 heteroatoms. The van der Waals surface area contributed by atoms with Gasteiger partial charge in [-0.2, -0.15) is 0 Å². The molecule has 1 heterocycles. The van der Waals surface area contributed by atoms with Gasteiger partial charge in [0.15, 0.2) is 0 Å². The van der Waals surface area contributed by atoms with Gasteiger partial charge in [-0.3, -0.25) is 0 Å². The Morgan fingerprint density at radius 3 is 2.27 bits per heavy atom. The Morgan fingerprint density at radius 1 is 0.800 bits per heavy atom. The Kier molecular flexibility index (Phi) is 7.86. The predicted octanol–water partition coefficient (Wildman–Crippen LogP) is 8.34. The van der Waals surface area contributed by atoms with Crippen LogP contribution in [0.2, 0.25) is 0 Å². The monoisotopic (exact) mass is 393 g/mol. The van der Waals surface area contributed by atoms with Crippen LogP contribution >= 0.6 is 0 Å². The molecule has 1 atom stereocenters. The van der Waals surface area contributed by atoms with Crippen LogP contribution in [0.1, 0.15) is 31.9 Å². The van der Waals surface area contributed by atoms with E-state index in [1.165, 1.54) is 27.9 Å². The van der Waals surface area contributed by atoms with Gasteiger partial charge in [0.05, 0.1) is 5.69 Å². The minimum absolute atomic E-state index is 0.192. The normalized spacial score (nSPS) is 12.2. The third-order valence-corrected chi connectivity index (χ3v) is 5.04. The second-order valence-corrected chi connectivity index (χ2v) is 7.45. The molecule has 0 spiro atoms. The Labute approximate surface area is 181 Å². The molecule has 0 fully saturated rings. The van der Waals surface area contributed by atoms with Gasteiger partial charge in [0, 0.05) is 17.8 Å². The van der Waals surface area contributed by atoms with Crippen LogP contribution in [-0.2, 0) is 0 Å². The average molecular weight is 394 g/mol. The molecule has 3 rings (SSSR count). The molecule has 30 heavy (non-hydrogen) atoms. The van der Waals surface area contributed by atoms with E-state index in [1.807, 2.05) is 0 Å². The summed E-state index contributed by atoms with van der Waals surface area (Å²) in [6.45, 7) is 6.55. The number of hydrogen-bond donors (Lipinski definition) is 0. The molecule has 0 saturated carbocycles. The lowest BCUT2D eigenvalue weighted by Crippen LogP contribution is -2.06. The third kappa shape index (κ3) is 5.61. The lowest BCUT2D eigenvalue weighted by Gasteiger charge is -2.20. The van der Waals surface area contributed by atoms with Gasteiger partial charge >= 0.3 is 0 Å². The van der Waals surface area contributed by atoms with E-state index in [0.717, 1.165) is 6.42 Å². The zero-order valence-electron chi connectivity index (χ0n) is 18.2. The van der Waals surface area contributed by atoms with E-state index in [4.69, 9.17) is 0 Å². The zero-order valence-corrected chi connectivity index (χ0v) is 18.2. The van der Waals surface area contributed by atoms with Crippen LogP contribution < -0.4 is 0 Å². The number of hydrogen-bond acceptors (Lipinski definition) is 0. The first-order valence-electron chi connectivity index (χ1n) is 10.7. The topological polar surface area (TPSA) is 4.93 Å². The van der Waals surface area contributed by atoms with Gasteiger partial charge in [0.1, 0.15) is 0 Å². The summed E-state index contributed by atoms with van der Waals surface area (Å²) >= 11 is 0. The summed E-state index contributed by atoms with van der Waals surface area (Å²) in [7, 11) is 0. The van der Waals surface area contributed by atoms with Gasteiger partial charge < -0.3 is 4.57 Å². The molecule has 0 radical (unpaired) electrons. The third-order valence-electron chi connectivity index (χ3n) is 5.04. The molecule has 152 valence electrons. The maximum Gasteiger partial charge on any atom is 0.0564 e. The lowest BCUT2D eigenvalue weighted by atomic mass is 9.98. The number of rotatable bonds is 6. The largest absolute Gasteiger partial charge is 0.340 e. The van der Waals surface area contributed by atoms with Crippen molar-refractivity contribution in [2.24, 2.45) is 0 Å². The van der Waals surface area contributed by atoms with Crippen molar-refractivity contribution in [2.45, 2.75) is 33.2 Å². The van der Waals surface area contributed by atoms with Crippen LogP contribution in [0.3, 0.4) is 0 Å². The summed E-state index contributed by atoms with van der Waals surface area (Å²) in [5.41, 5.74) is 6.10. The van der Waals surface area contributed by atoms with E-state index in [-0.39, 0.29) is 6.04 Å². The molecule has 0 bridgehead atoms. The molecule has 1 aromatic heterocycles. The molecule has 0 aliphatic carbocycles. The van der Waals surface area contributed by atoms with Crippen molar-refractivity contribution in [3.63, 3.8) is 0 Å². The molecule has 0 saturated heterocycles. The van der Waals surface area contributed by atoms with Crippen molar-refractivity contribution in [1.29, 1.82) is 0 Å². The summed E-state index contributed by atoms with van der Waals surface area (Å²) in [5, 5.41) is 0. The summed E-state index contributed by atoms with van der Waals surface area (Å²) < 4.78 is 2.37. The van der Waals surface area contributed by atoms with Crippen LogP contribution in [0.5, 0.6) is 0 Å². The van der Waals surface area contributed by atoms with Crippen LogP contribution in [0.4, 0.5) is 0 Å². The van der Waals surface area contributed by atoms with Crippen molar-refractivity contribution >= 4 is 0 Å². The molecular weight excluding hydrogens is 362 g/mol. The number of aromatic nitrogens is 1. The van der Waals surface area contributed by atoms with E-state index >= 15 is 0 Å². The lowest BCUT2D eigenvalue weighted by molar-refractivity contribution is 0.666. The van der Waals surface area contributed by atoms with Crippen molar-refractivity contribution in [2.75, 3.05) is 0 Å². The quantitative estimate of drug-likeness (QED) is 0.371. The fourth-order valence-corrected chi connectivity index (χ4v) is 3.53. The summed E-state index contributed by atoms with van der Waals surface area (Å²) in [4.78, 5) is 0. The van der Waals surface area contributed by atoms with Gasteiger partial charge in [0.2, 0.25) is 0 Å². The second-order valence-electron chi connectivity index (χ2n) is 7.45. The van der Waals surface area contributed by atoms with Gasteiger partial charge in [-0.15, -0.1) is 0 Å². The van der Waals surface area contributed by atoms with E-state index < -0.39 is 0 Å². The fourth-order valence-electron chi connectivity index (χ4n) is 3.53. The highest BCUT2D eigenvalue weighted by Gasteiger charge is 2.12. The van der Waals surface area contributed by atoms with Crippen LogP contribution in [0.25, 0.3) is 22.4 Å². The maximum atomic E-state index is 2.37. The average Bonchev–Trinajstić information content (AvgIpc) is 2.87. The van der Waals surface area contributed by atoms with E-state index in [2.05, 4.69) is 141 Å². The van der Waals surface area contributed by atoms with E-state index in [0.29, 0.717) is 0 Å². The van der Waals surface area contributed by atoms with E-state index in [1.54, 1.807) is 0 Å². The van der Waals surface area contributed by atoms with Crippen LogP contribution in [-0.4, -0.2) is 4.57 Å². The summed E-state index contributed by atoms with van der Waals surface area (Å²) in [6, 6.07) is 30.2.